The van der Waals surface area contributed by atoms with E-state index in [1.807, 2.05) is 0 Å². The average Bonchev–Trinajstić information content (AvgIpc) is 1.14. The van der Waals surface area contributed by atoms with Crippen LogP contribution in [-0.4, -0.2) is 64.3 Å². The minimum atomic E-state index is -5.12. The predicted octanol–water partition coefficient (Wildman–Crippen LogP) is -7.16. The molecular formula is H16O14S2. The molecule has 0 aromatic rings. The molecule has 0 saturated heterocycles. The fourth-order valence-electron chi connectivity index (χ4n) is 0.109. The van der Waals surface area contributed by atoms with Crippen LogP contribution in [0, 0.1) is 0 Å². The van der Waals surface area contributed by atoms with Crippen molar-refractivity contribution in [1.29, 1.82) is 0 Å². The number of hydrogen-bond acceptors (Lipinski definition) is 5. The molecule has 0 spiro atoms. The van der Waals surface area contributed by atoms with Gasteiger partial charge in [0.1, 0.15) is 0 Å². The lowest BCUT2D eigenvalue weighted by atomic mass is 15.8. The second-order valence-corrected chi connectivity index (χ2v) is 3.18. The summed E-state index contributed by atoms with van der Waals surface area (Å²) in [4.78, 5) is 0. The van der Waals surface area contributed by atoms with Crippen LogP contribution in [0.5, 0.6) is 0 Å². The Labute approximate surface area is 89.5 Å². The molecule has 0 saturated carbocycles. The summed E-state index contributed by atoms with van der Waals surface area (Å²) >= 11 is 0. The normalized spacial score (nSPS) is 7.62. The largest absolute Gasteiger partial charge is 0.413 e. The fraction of sp³-hybridized carbons (Fsp3) is 0. The molecule has 16 heavy (non-hydrogen) atoms. The highest BCUT2D eigenvalue weighted by molar-refractivity contribution is 7.94. The van der Waals surface area contributed by atoms with Crippen molar-refractivity contribution >= 4 is 20.8 Å². The lowest BCUT2D eigenvalue weighted by Gasteiger charge is -1.89. The van der Waals surface area contributed by atoms with Gasteiger partial charge in [-0.2, -0.15) is 16.8 Å². The van der Waals surface area contributed by atoms with Gasteiger partial charge in [-0.3, -0.25) is 9.11 Å². The van der Waals surface area contributed by atoms with E-state index in [0.717, 1.165) is 0 Å². The first-order valence-electron chi connectivity index (χ1n) is 1.37. The molecule has 0 fully saturated rings. The van der Waals surface area contributed by atoms with E-state index in [1.165, 1.54) is 0 Å². The van der Waals surface area contributed by atoms with Crippen LogP contribution in [0.2, 0.25) is 0 Å². The maximum atomic E-state index is 9.44. The highest BCUT2D eigenvalue weighted by Gasteiger charge is 2.15. The lowest BCUT2D eigenvalue weighted by molar-refractivity contribution is 0.344. The zero-order valence-electron chi connectivity index (χ0n) is 7.25. The molecule has 16 heteroatoms. The van der Waals surface area contributed by atoms with E-state index in [-0.39, 0.29) is 38.3 Å². The van der Waals surface area contributed by atoms with Gasteiger partial charge in [0.25, 0.3) is 0 Å². The molecule has 0 aliphatic heterocycles. The van der Waals surface area contributed by atoms with Crippen molar-refractivity contribution in [3.8, 4) is 0 Å². The van der Waals surface area contributed by atoms with Crippen molar-refractivity contribution in [3.05, 3.63) is 0 Å². The van der Waals surface area contributed by atoms with Crippen molar-refractivity contribution in [2.24, 2.45) is 0 Å². The molecule has 112 valence electrons. The van der Waals surface area contributed by atoms with Gasteiger partial charge in [-0.15, -0.1) is 3.63 Å². The van der Waals surface area contributed by atoms with E-state index in [0.29, 0.717) is 0 Å². The second-order valence-electron chi connectivity index (χ2n) is 0.924. The minimum Gasteiger partial charge on any atom is -0.412 e. The van der Waals surface area contributed by atoms with E-state index < -0.39 is 20.8 Å². The molecule has 16 N–H and O–H groups in total. The van der Waals surface area contributed by atoms with Crippen LogP contribution in [-0.2, 0) is 24.4 Å². The Hall–Kier alpha value is -0.500. The maximum Gasteiger partial charge on any atom is 0.413 e. The van der Waals surface area contributed by atoms with Gasteiger partial charge in [-0.25, -0.2) is 0 Å². The molecule has 0 amide bonds. The first kappa shape index (κ1) is 57.9. The van der Waals surface area contributed by atoms with Crippen molar-refractivity contribution < 1.29 is 67.9 Å². The third-order valence-corrected chi connectivity index (χ3v) is 1.55. The molecule has 0 unspecified atom stereocenters. The SMILES string of the molecule is O.O.O.O.O.O.O.O=S(=O)(O)OS(=O)(=O)O. The molecule has 0 bridgehead atoms. The molecule has 14 nitrogen and oxygen atoms in total. The van der Waals surface area contributed by atoms with E-state index in [9.17, 15) is 16.8 Å². The summed E-state index contributed by atoms with van der Waals surface area (Å²) in [7, 11) is -10.2. The Morgan fingerprint density at radius 1 is 0.562 bits per heavy atom. The van der Waals surface area contributed by atoms with Crippen molar-refractivity contribution in [3.63, 3.8) is 0 Å². The van der Waals surface area contributed by atoms with Crippen LogP contribution < -0.4 is 0 Å². The van der Waals surface area contributed by atoms with Gasteiger partial charge >= 0.3 is 20.8 Å². The van der Waals surface area contributed by atoms with E-state index in [2.05, 4.69) is 3.63 Å². The third-order valence-electron chi connectivity index (χ3n) is 0.172. The smallest absolute Gasteiger partial charge is 0.412 e. The van der Waals surface area contributed by atoms with Crippen LogP contribution >= 0.6 is 0 Å². The Bertz CT molecular complexity index is 234. The Morgan fingerprint density at radius 3 is 0.688 bits per heavy atom. The summed E-state index contributed by atoms with van der Waals surface area (Å²) < 4.78 is 55.6. The predicted molar refractivity (Wildman–Crippen MR) is 49.5 cm³/mol. The quantitative estimate of drug-likeness (QED) is 0.463. The summed E-state index contributed by atoms with van der Waals surface area (Å²) in [5.41, 5.74) is 0. The van der Waals surface area contributed by atoms with E-state index in [4.69, 9.17) is 9.11 Å². The molecule has 0 aromatic heterocycles. The van der Waals surface area contributed by atoms with Crippen molar-refractivity contribution in [1.82, 2.24) is 0 Å². The van der Waals surface area contributed by atoms with E-state index >= 15 is 0 Å². The fourth-order valence-corrected chi connectivity index (χ4v) is 0.978. The average molecular weight is 304 g/mol. The lowest BCUT2D eigenvalue weighted by Crippen LogP contribution is -2.10. The first-order valence-corrected chi connectivity index (χ1v) is 4.10. The van der Waals surface area contributed by atoms with Crippen LogP contribution in [0.4, 0.5) is 0 Å². The van der Waals surface area contributed by atoms with Crippen molar-refractivity contribution in [2.75, 3.05) is 0 Å². The zero-order valence-corrected chi connectivity index (χ0v) is 8.89. The van der Waals surface area contributed by atoms with Crippen LogP contribution in [0.3, 0.4) is 0 Å². The molecule has 0 aromatic carbocycles. The summed E-state index contributed by atoms with van der Waals surface area (Å²) in [5, 5.41) is 0. The molecule has 0 heterocycles. The second kappa shape index (κ2) is 16.9. The minimum absolute atomic E-state index is 0. The summed E-state index contributed by atoms with van der Waals surface area (Å²) in [6.07, 6.45) is 0. The van der Waals surface area contributed by atoms with Gasteiger partial charge in [0.15, 0.2) is 0 Å². The van der Waals surface area contributed by atoms with Gasteiger partial charge in [-0.1, -0.05) is 0 Å². The summed E-state index contributed by atoms with van der Waals surface area (Å²) in [5.74, 6) is 0. The third kappa shape index (κ3) is 69.7. The number of rotatable bonds is 2. The molecule has 0 rings (SSSR count). The molecule has 0 atom stereocenters. The number of hydrogen-bond donors (Lipinski definition) is 2. The highest BCUT2D eigenvalue weighted by Crippen LogP contribution is 1.91. The molecule has 0 aliphatic rings. The Kier molecular flexibility index (Phi) is 61.2. The van der Waals surface area contributed by atoms with Crippen LogP contribution in [0.1, 0.15) is 0 Å². The molecule has 0 radical (unpaired) electrons. The van der Waals surface area contributed by atoms with Gasteiger partial charge in [0.05, 0.1) is 0 Å². The monoisotopic (exact) mass is 304 g/mol. The van der Waals surface area contributed by atoms with E-state index in [1.54, 1.807) is 0 Å². The van der Waals surface area contributed by atoms with Crippen LogP contribution in [0.25, 0.3) is 0 Å². The maximum absolute atomic E-state index is 9.44. The van der Waals surface area contributed by atoms with Gasteiger partial charge in [0, 0.05) is 0 Å². The van der Waals surface area contributed by atoms with Gasteiger partial charge in [0.2, 0.25) is 0 Å². The van der Waals surface area contributed by atoms with Crippen molar-refractivity contribution in [2.45, 2.75) is 0 Å². The van der Waals surface area contributed by atoms with Gasteiger partial charge in [-0.05, 0) is 0 Å². The van der Waals surface area contributed by atoms with Gasteiger partial charge < -0.3 is 38.3 Å². The summed E-state index contributed by atoms with van der Waals surface area (Å²) in [6.45, 7) is 0. The first-order chi connectivity index (χ1) is 3.71. The standard InChI is InChI=1S/H2O7S2.7H2O/c1-8(2,3)7-9(4,5)6;;;;;;;/h(H,1,2,3)(H,4,5,6);7*1H2. The Morgan fingerprint density at radius 2 is 0.688 bits per heavy atom. The van der Waals surface area contributed by atoms with Crippen LogP contribution in [0.15, 0.2) is 0 Å². The highest BCUT2D eigenvalue weighted by atomic mass is 32.3. The Balaban J connectivity index is -0.0000000152. The summed E-state index contributed by atoms with van der Waals surface area (Å²) in [6, 6.07) is 0. The topological polar surface area (TPSA) is 338 Å². The molecule has 0 aliphatic carbocycles. The zero-order chi connectivity index (χ0) is 7.71. The molecular weight excluding hydrogens is 288 g/mol.